The van der Waals surface area contributed by atoms with E-state index in [4.69, 9.17) is 18.9 Å². The normalized spacial score (nSPS) is 46.3. The monoisotopic (exact) mass is 566 g/mol. The summed E-state index contributed by atoms with van der Waals surface area (Å²) in [5, 5.41) is 44.4. The van der Waals surface area contributed by atoms with E-state index in [1.54, 1.807) is 6.92 Å². The predicted molar refractivity (Wildman–Crippen MR) is 144 cm³/mol. The molecule has 0 amide bonds. The van der Waals surface area contributed by atoms with Gasteiger partial charge in [-0.25, -0.2) is 4.79 Å². The molecule has 0 aliphatic carbocycles. The van der Waals surface area contributed by atoms with Crippen LogP contribution >= 0.6 is 0 Å². The van der Waals surface area contributed by atoms with Crippen LogP contribution in [0.3, 0.4) is 0 Å². The van der Waals surface area contributed by atoms with Gasteiger partial charge < -0.3 is 39.4 Å². The maximum absolute atomic E-state index is 13.1. The van der Waals surface area contributed by atoms with Crippen LogP contribution in [0.1, 0.15) is 78.6 Å². The quantitative estimate of drug-likeness (QED) is 0.374. The standard InChI is InChI=1S/C30H46O10/c1-4-8-27(33)40-26-15-21-14-19(31)13-20(37-21)11-17(2)9-6-5-7-10-23-18(3)12-24(38-23)22(32)16-25-28(34)30(26,36)29(35)39-25/h5-7,9,17-26,28,31-32,34,36H,4,8,10-16H2,1-3H3/b7-5-,9-6+/t17-,18+,19-,20+,21+,22+,23+,24+,25+,26-,28-,30-/m0/s1. The molecule has 12 atom stereocenters. The Morgan fingerprint density at radius 2 is 1.70 bits per heavy atom. The fourth-order valence-electron chi connectivity index (χ4n) is 6.46. The third-order valence-corrected chi connectivity index (χ3v) is 8.72. The number of esters is 2. The Morgan fingerprint density at radius 3 is 2.42 bits per heavy atom. The SMILES string of the molecule is CCCC(=O)O[C@H]1C[C@H]2C[C@@H](O)C[C@@H](C[C@@H](C)/C=C/C=C\C[C@H]3O[C@H](C[C@H]3C)[C@H](O)C[C@H]3OC(=O)[C@@]1(O)[C@H]3O)O2. The van der Waals surface area contributed by atoms with E-state index in [9.17, 15) is 30.0 Å². The van der Waals surface area contributed by atoms with Crippen molar-refractivity contribution in [2.75, 3.05) is 0 Å². The van der Waals surface area contributed by atoms with Crippen LogP contribution in [-0.4, -0.2) is 92.9 Å². The minimum Gasteiger partial charge on any atom is -0.458 e. The molecule has 0 aromatic heterocycles. The highest BCUT2D eigenvalue weighted by atomic mass is 16.6. The molecule has 6 bridgehead atoms. The van der Waals surface area contributed by atoms with Gasteiger partial charge >= 0.3 is 11.9 Å². The molecule has 0 unspecified atom stereocenters. The first-order valence-electron chi connectivity index (χ1n) is 14.8. The Balaban J connectivity index is 1.62. The molecule has 40 heavy (non-hydrogen) atoms. The van der Waals surface area contributed by atoms with Crippen molar-refractivity contribution in [3.05, 3.63) is 24.3 Å². The molecule has 4 heterocycles. The van der Waals surface area contributed by atoms with Gasteiger partial charge in [-0.05, 0) is 50.4 Å². The third-order valence-electron chi connectivity index (χ3n) is 8.72. The number of allylic oxidation sites excluding steroid dienone is 3. The van der Waals surface area contributed by atoms with Crippen LogP contribution in [0, 0.1) is 11.8 Å². The zero-order valence-corrected chi connectivity index (χ0v) is 23.8. The van der Waals surface area contributed by atoms with Crippen LogP contribution < -0.4 is 0 Å². The zero-order chi connectivity index (χ0) is 29.0. The molecule has 0 aromatic rings. The summed E-state index contributed by atoms with van der Waals surface area (Å²) in [5.74, 6) is -1.40. The first-order valence-corrected chi connectivity index (χ1v) is 14.8. The lowest BCUT2D eigenvalue weighted by Crippen LogP contribution is -2.58. The van der Waals surface area contributed by atoms with Crippen molar-refractivity contribution in [1.29, 1.82) is 0 Å². The average molecular weight is 567 g/mol. The van der Waals surface area contributed by atoms with Crippen molar-refractivity contribution < 1.29 is 49.0 Å². The molecule has 226 valence electrons. The summed E-state index contributed by atoms with van der Waals surface area (Å²) < 4.78 is 23.4. The summed E-state index contributed by atoms with van der Waals surface area (Å²) in [7, 11) is 0. The van der Waals surface area contributed by atoms with Gasteiger partial charge in [0.25, 0.3) is 0 Å². The minimum atomic E-state index is -2.55. The first-order chi connectivity index (χ1) is 19.0. The fraction of sp³-hybridized carbons (Fsp3) is 0.800. The number of carbonyl (C=O) groups excluding carboxylic acids is 2. The molecule has 0 spiro atoms. The highest BCUT2D eigenvalue weighted by Gasteiger charge is 2.63. The third kappa shape index (κ3) is 7.14. The van der Waals surface area contributed by atoms with E-state index < -0.39 is 60.3 Å². The number of fused-ring (bicyclic) bond motifs is 6. The molecule has 4 aliphatic rings. The van der Waals surface area contributed by atoms with E-state index in [1.165, 1.54) is 0 Å². The van der Waals surface area contributed by atoms with Crippen molar-refractivity contribution in [3.8, 4) is 0 Å². The number of rotatable bonds is 3. The molecular weight excluding hydrogens is 520 g/mol. The van der Waals surface area contributed by atoms with Gasteiger partial charge in [0.15, 0.2) is 0 Å². The second kappa shape index (κ2) is 13.4. The van der Waals surface area contributed by atoms with Gasteiger partial charge in [0.1, 0.15) is 18.3 Å². The number of aliphatic hydroxyl groups excluding tert-OH is 3. The van der Waals surface area contributed by atoms with Gasteiger partial charge in [0.2, 0.25) is 5.60 Å². The molecule has 4 rings (SSSR count). The molecule has 0 aromatic carbocycles. The van der Waals surface area contributed by atoms with E-state index in [0.29, 0.717) is 32.1 Å². The van der Waals surface area contributed by atoms with Gasteiger partial charge in [-0.15, -0.1) is 0 Å². The van der Waals surface area contributed by atoms with Gasteiger partial charge in [-0.2, -0.15) is 0 Å². The molecule has 3 saturated heterocycles. The highest BCUT2D eigenvalue weighted by molar-refractivity contribution is 5.84. The van der Waals surface area contributed by atoms with E-state index in [-0.39, 0.29) is 49.7 Å². The Labute approximate surface area is 236 Å². The summed E-state index contributed by atoms with van der Waals surface area (Å²) >= 11 is 0. The lowest BCUT2D eigenvalue weighted by Gasteiger charge is -2.38. The van der Waals surface area contributed by atoms with Gasteiger partial charge in [0, 0.05) is 19.3 Å². The number of carbonyl (C=O) groups is 2. The lowest BCUT2D eigenvalue weighted by molar-refractivity contribution is -0.194. The molecule has 10 heteroatoms. The topological polar surface area (TPSA) is 152 Å². The van der Waals surface area contributed by atoms with E-state index >= 15 is 0 Å². The van der Waals surface area contributed by atoms with Crippen molar-refractivity contribution in [3.63, 3.8) is 0 Å². The van der Waals surface area contributed by atoms with Gasteiger partial charge in [0.05, 0.1) is 36.6 Å². The molecule has 4 N–H and O–H groups in total. The highest BCUT2D eigenvalue weighted by Crippen LogP contribution is 2.39. The summed E-state index contributed by atoms with van der Waals surface area (Å²) in [5.41, 5.74) is -2.55. The second-order valence-corrected chi connectivity index (χ2v) is 12.2. The van der Waals surface area contributed by atoms with E-state index in [0.717, 1.165) is 0 Å². The van der Waals surface area contributed by atoms with Crippen molar-refractivity contribution in [2.24, 2.45) is 11.8 Å². The van der Waals surface area contributed by atoms with Crippen LogP contribution in [0.15, 0.2) is 24.3 Å². The van der Waals surface area contributed by atoms with E-state index in [2.05, 4.69) is 19.9 Å². The summed E-state index contributed by atoms with van der Waals surface area (Å²) in [6, 6.07) is 0. The van der Waals surface area contributed by atoms with Crippen LogP contribution in [0.4, 0.5) is 0 Å². The maximum atomic E-state index is 13.1. The van der Waals surface area contributed by atoms with Crippen LogP contribution in [0.2, 0.25) is 0 Å². The van der Waals surface area contributed by atoms with Crippen molar-refractivity contribution >= 4 is 11.9 Å². The van der Waals surface area contributed by atoms with Crippen LogP contribution in [-0.2, 0) is 28.5 Å². The number of aliphatic hydroxyl groups is 4. The van der Waals surface area contributed by atoms with Gasteiger partial charge in [-0.3, -0.25) is 4.79 Å². The molecule has 0 saturated carbocycles. The van der Waals surface area contributed by atoms with Crippen LogP contribution in [0.5, 0.6) is 0 Å². The molecule has 10 nitrogen and oxygen atoms in total. The molecule has 0 radical (unpaired) electrons. The summed E-state index contributed by atoms with van der Waals surface area (Å²) in [4.78, 5) is 25.7. The van der Waals surface area contributed by atoms with E-state index in [1.807, 2.05) is 18.2 Å². The Bertz CT molecular complexity index is 935. The number of hydrogen-bond donors (Lipinski definition) is 4. The summed E-state index contributed by atoms with van der Waals surface area (Å²) in [6.07, 6.45) is 3.32. The van der Waals surface area contributed by atoms with Crippen LogP contribution in [0.25, 0.3) is 0 Å². The number of hydrogen-bond acceptors (Lipinski definition) is 10. The summed E-state index contributed by atoms with van der Waals surface area (Å²) in [6.45, 7) is 5.92. The molecule has 4 aliphatic heterocycles. The Kier molecular flexibility index (Phi) is 10.5. The Hall–Kier alpha value is -1.82. The van der Waals surface area contributed by atoms with Crippen molar-refractivity contribution in [1.82, 2.24) is 0 Å². The average Bonchev–Trinajstić information content (AvgIpc) is 3.35. The largest absolute Gasteiger partial charge is 0.458 e. The zero-order valence-electron chi connectivity index (χ0n) is 23.8. The predicted octanol–water partition coefficient (Wildman–Crippen LogP) is 2.10. The second-order valence-electron chi connectivity index (χ2n) is 12.2. The fourth-order valence-corrected chi connectivity index (χ4v) is 6.46. The molecular formula is C30H46O10. The Morgan fingerprint density at radius 1 is 0.975 bits per heavy atom. The maximum Gasteiger partial charge on any atom is 0.345 e. The lowest BCUT2D eigenvalue weighted by atomic mass is 9.83. The smallest absolute Gasteiger partial charge is 0.345 e. The first kappa shape index (κ1) is 31.1. The van der Waals surface area contributed by atoms with Crippen molar-refractivity contribution in [2.45, 2.75) is 139 Å². The van der Waals surface area contributed by atoms with Gasteiger partial charge in [-0.1, -0.05) is 45.1 Å². The minimum absolute atomic E-state index is 0.0628. The molecule has 3 fully saturated rings. The number of ether oxygens (including phenoxy) is 4.